The van der Waals surface area contributed by atoms with E-state index >= 15 is 0 Å². The summed E-state index contributed by atoms with van der Waals surface area (Å²) < 4.78 is 40.7. The second kappa shape index (κ2) is 10.0. The average molecular weight is 441 g/mol. The van der Waals surface area contributed by atoms with Crippen LogP contribution >= 0.6 is 0 Å². The molecule has 0 aromatic heterocycles. The third-order valence-corrected chi connectivity index (χ3v) is 7.24. The van der Waals surface area contributed by atoms with E-state index in [-0.39, 0.29) is 5.75 Å². The monoisotopic (exact) mass is 440 g/mol. The van der Waals surface area contributed by atoms with E-state index in [9.17, 15) is 13.2 Å². The predicted molar refractivity (Wildman–Crippen MR) is 121 cm³/mol. The van der Waals surface area contributed by atoms with Crippen LogP contribution < -0.4 is 4.74 Å². The lowest BCUT2D eigenvalue weighted by molar-refractivity contribution is -0.274. The summed E-state index contributed by atoms with van der Waals surface area (Å²) in [6.07, 6.45) is 6.29. The highest BCUT2D eigenvalue weighted by atomic mass is 19.4. The molecule has 4 rings (SSSR count). The van der Waals surface area contributed by atoms with Crippen LogP contribution in [0.2, 0.25) is 0 Å². The summed E-state index contributed by atoms with van der Waals surface area (Å²) in [5, 5.41) is 0. The Balaban J connectivity index is 1.33. The summed E-state index contributed by atoms with van der Waals surface area (Å²) in [6, 6.07) is 14.2. The third-order valence-electron chi connectivity index (χ3n) is 7.24. The molecule has 2 aromatic carbocycles. The van der Waals surface area contributed by atoms with E-state index in [4.69, 9.17) is 0 Å². The second-order valence-corrected chi connectivity index (χ2v) is 9.44. The first kappa shape index (κ1) is 22.8. The lowest BCUT2D eigenvalue weighted by atomic mass is 9.63. The van der Waals surface area contributed by atoms with Crippen molar-refractivity contribution in [2.75, 3.05) is 0 Å². The fourth-order valence-electron chi connectivity index (χ4n) is 5.68. The normalized spacial score (nSPS) is 25.4. The van der Waals surface area contributed by atoms with Gasteiger partial charge in [-0.05, 0) is 97.7 Å². The zero-order chi connectivity index (χ0) is 22.6. The van der Waals surface area contributed by atoms with Gasteiger partial charge in [0.05, 0.1) is 0 Å². The largest absolute Gasteiger partial charge is 0.573 e. The van der Waals surface area contributed by atoms with Gasteiger partial charge < -0.3 is 4.74 Å². The fraction of sp³-hybridized carbons (Fsp3) is 0.500. The molecule has 0 heterocycles. The molecule has 170 valence electrons. The Hall–Kier alpha value is -2.41. The molecule has 2 fully saturated rings. The standard InChI is InChI=1S/C28H31F3O/c1-2-3-22-8-13-26-19-25(15-14-24(26)18-22)23-11-6-20(7-12-23)4-5-21-9-16-27(17-10-21)32-28(29,30)31/h6-7,9-12,16-17,22,24-26H,2-3,8,13-15,18-19H2,1H3/t22?,24-,25-,26-/m1/s1. The Morgan fingerprint density at radius 2 is 1.41 bits per heavy atom. The molecule has 0 aliphatic heterocycles. The van der Waals surface area contributed by atoms with Gasteiger partial charge in [-0.3, -0.25) is 0 Å². The molecule has 0 N–H and O–H groups in total. The van der Waals surface area contributed by atoms with Crippen molar-refractivity contribution in [2.24, 2.45) is 17.8 Å². The maximum Gasteiger partial charge on any atom is 0.573 e. The van der Waals surface area contributed by atoms with Crippen molar-refractivity contribution in [3.05, 3.63) is 65.2 Å². The minimum absolute atomic E-state index is 0.235. The SMILES string of the molecule is CCCC1CC[C@@H]2C[C@H](c3ccc(C#Cc4ccc(OC(F)(F)F)cc4)cc3)CC[C@@H]2C1. The maximum atomic E-state index is 12.3. The Morgan fingerprint density at radius 3 is 2.03 bits per heavy atom. The first-order valence-corrected chi connectivity index (χ1v) is 11.9. The van der Waals surface area contributed by atoms with Crippen molar-refractivity contribution in [3.8, 4) is 17.6 Å². The molecule has 4 heteroatoms. The van der Waals surface area contributed by atoms with E-state index < -0.39 is 6.36 Å². The smallest absolute Gasteiger partial charge is 0.406 e. The summed E-state index contributed by atoms with van der Waals surface area (Å²) in [5.41, 5.74) is 2.98. The highest BCUT2D eigenvalue weighted by Crippen LogP contribution is 2.48. The molecule has 2 aliphatic rings. The van der Waals surface area contributed by atoms with Crippen LogP contribution in [0, 0.1) is 29.6 Å². The van der Waals surface area contributed by atoms with Crippen LogP contribution in [0.4, 0.5) is 13.2 Å². The van der Waals surface area contributed by atoms with Crippen LogP contribution in [-0.4, -0.2) is 6.36 Å². The third kappa shape index (κ3) is 6.09. The second-order valence-electron chi connectivity index (χ2n) is 9.44. The number of ether oxygens (including phenoxy) is 1. The molecule has 1 nitrogen and oxygen atoms in total. The molecule has 0 amide bonds. The Morgan fingerprint density at radius 1 is 0.812 bits per heavy atom. The first-order chi connectivity index (χ1) is 15.4. The van der Waals surface area contributed by atoms with Crippen molar-refractivity contribution in [2.45, 2.75) is 70.6 Å². The molecular formula is C28H31F3O. The molecule has 32 heavy (non-hydrogen) atoms. The number of hydrogen-bond donors (Lipinski definition) is 0. The summed E-state index contributed by atoms with van der Waals surface area (Å²) >= 11 is 0. The Bertz CT molecular complexity index is 934. The van der Waals surface area contributed by atoms with Gasteiger partial charge in [-0.2, -0.15) is 0 Å². The predicted octanol–water partition coefficient (Wildman–Crippen LogP) is 8.09. The average Bonchev–Trinajstić information content (AvgIpc) is 2.78. The van der Waals surface area contributed by atoms with Gasteiger partial charge in [0.25, 0.3) is 0 Å². The van der Waals surface area contributed by atoms with Crippen LogP contribution in [-0.2, 0) is 0 Å². The lowest BCUT2D eigenvalue weighted by Gasteiger charge is -2.42. The number of halogens is 3. The maximum absolute atomic E-state index is 12.3. The fourth-order valence-corrected chi connectivity index (χ4v) is 5.68. The van der Waals surface area contributed by atoms with Gasteiger partial charge >= 0.3 is 6.36 Å². The zero-order valence-corrected chi connectivity index (χ0v) is 18.6. The van der Waals surface area contributed by atoms with Crippen LogP contribution in [0.1, 0.15) is 80.9 Å². The summed E-state index contributed by atoms with van der Waals surface area (Å²) in [4.78, 5) is 0. The van der Waals surface area contributed by atoms with E-state index in [2.05, 4.69) is 47.8 Å². The van der Waals surface area contributed by atoms with E-state index in [1.165, 1.54) is 81.2 Å². The summed E-state index contributed by atoms with van der Waals surface area (Å²) in [5.74, 6) is 9.34. The van der Waals surface area contributed by atoms with E-state index in [0.29, 0.717) is 11.5 Å². The number of rotatable bonds is 4. The molecule has 2 saturated carbocycles. The topological polar surface area (TPSA) is 9.23 Å². The van der Waals surface area contributed by atoms with Gasteiger partial charge in [0.15, 0.2) is 0 Å². The quantitative estimate of drug-likeness (QED) is 0.437. The molecule has 0 spiro atoms. The van der Waals surface area contributed by atoms with Crippen LogP contribution in [0.5, 0.6) is 5.75 Å². The van der Waals surface area contributed by atoms with Crippen molar-refractivity contribution in [1.29, 1.82) is 0 Å². The van der Waals surface area contributed by atoms with Crippen molar-refractivity contribution < 1.29 is 17.9 Å². The van der Waals surface area contributed by atoms with E-state index in [1.807, 2.05) is 0 Å². The molecule has 2 aliphatic carbocycles. The van der Waals surface area contributed by atoms with Gasteiger partial charge in [-0.25, -0.2) is 0 Å². The van der Waals surface area contributed by atoms with Gasteiger partial charge in [-0.1, -0.05) is 50.2 Å². The number of alkyl halides is 3. The van der Waals surface area contributed by atoms with Gasteiger partial charge in [0, 0.05) is 11.1 Å². The molecule has 2 aromatic rings. The lowest BCUT2D eigenvalue weighted by Crippen LogP contribution is -2.30. The number of fused-ring (bicyclic) bond motifs is 1. The summed E-state index contributed by atoms with van der Waals surface area (Å²) in [6.45, 7) is 2.31. The molecule has 1 unspecified atom stereocenters. The molecule has 0 saturated heterocycles. The minimum atomic E-state index is -4.68. The molecule has 0 radical (unpaired) electrons. The molecule has 4 atom stereocenters. The Labute approximate surface area is 189 Å². The Kier molecular flexibility index (Phi) is 7.13. The van der Waals surface area contributed by atoms with Gasteiger partial charge in [0.1, 0.15) is 5.75 Å². The zero-order valence-electron chi connectivity index (χ0n) is 18.6. The molecular weight excluding hydrogens is 409 g/mol. The van der Waals surface area contributed by atoms with Gasteiger partial charge in [0.2, 0.25) is 0 Å². The van der Waals surface area contributed by atoms with Crippen LogP contribution in [0.3, 0.4) is 0 Å². The van der Waals surface area contributed by atoms with Crippen LogP contribution in [0.15, 0.2) is 48.5 Å². The number of benzene rings is 2. The first-order valence-electron chi connectivity index (χ1n) is 11.9. The van der Waals surface area contributed by atoms with Gasteiger partial charge in [-0.15, -0.1) is 13.2 Å². The van der Waals surface area contributed by atoms with Crippen molar-refractivity contribution in [1.82, 2.24) is 0 Å². The van der Waals surface area contributed by atoms with Crippen molar-refractivity contribution in [3.63, 3.8) is 0 Å². The highest BCUT2D eigenvalue weighted by Gasteiger charge is 2.35. The molecule has 0 bridgehead atoms. The summed E-state index contributed by atoms with van der Waals surface area (Å²) in [7, 11) is 0. The van der Waals surface area contributed by atoms with E-state index in [0.717, 1.165) is 23.3 Å². The van der Waals surface area contributed by atoms with Crippen molar-refractivity contribution >= 4 is 0 Å². The highest BCUT2D eigenvalue weighted by molar-refractivity contribution is 5.45. The number of hydrogen-bond acceptors (Lipinski definition) is 1. The van der Waals surface area contributed by atoms with Crippen LogP contribution in [0.25, 0.3) is 0 Å². The minimum Gasteiger partial charge on any atom is -0.406 e. The van der Waals surface area contributed by atoms with E-state index in [1.54, 1.807) is 0 Å².